The molecule has 1 heterocycles. The van der Waals surface area contributed by atoms with E-state index in [-0.39, 0.29) is 0 Å². The maximum Gasteiger partial charge on any atom is 0.108 e. The molecular formula is C17H11Cl4NO. The van der Waals surface area contributed by atoms with Crippen molar-refractivity contribution in [2.24, 2.45) is 0 Å². The Morgan fingerprint density at radius 2 is 1.39 bits per heavy atom. The number of aromatic nitrogens is 1. The van der Waals surface area contributed by atoms with Gasteiger partial charge in [-0.3, -0.25) is 0 Å². The molecule has 0 saturated carbocycles. The van der Waals surface area contributed by atoms with E-state index in [4.69, 9.17) is 46.4 Å². The number of aliphatic hydroxyl groups is 1. The van der Waals surface area contributed by atoms with Crippen molar-refractivity contribution >= 4 is 46.4 Å². The summed E-state index contributed by atoms with van der Waals surface area (Å²) in [5, 5.41) is 12.7. The highest BCUT2D eigenvalue weighted by Crippen LogP contribution is 2.38. The lowest BCUT2D eigenvalue weighted by molar-refractivity contribution is 0.221. The van der Waals surface area contributed by atoms with Crippen molar-refractivity contribution in [1.82, 2.24) is 4.98 Å². The molecule has 0 aliphatic carbocycles. The van der Waals surface area contributed by atoms with E-state index in [1.807, 2.05) is 6.07 Å². The predicted octanol–water partition coefficient (Wildman–Crippen LogP) is 6.38. The number of benzene rings is 2. The molecule has 0 bridgehead atoms. The molecule has 1 atom stereocenters. The molecule has 3 aromatic rings. The van der Waals surface area contributed by atoms with Crippen LogP contribution in [0.4, 0.5) is 0 Å². The van der Waals surface area contributed by atoms with Crippen LogP contribution in [-0.4, -0.2) is 10.1 Å². The monoisotopic (exact) mass is 385 g/mol. The van der Waals surface area contributed by atoms with Gasteiger partial charge < -0.3 is 10.1 Å². The standard InChI is InChI=1S/C17H11Cl4NO/c18-9-1-3-11(15(20)5-9)13-7-22-8-14(13)17(23)12-4-2-10(19)6-16(12)21/h1-8,17,22-23H/t17-/m0/s1. The van der Waals surface area contributed by atoms with Gasteiger partial charge in [0.05, 0.1) is 0 Å². The summed E-state index contributed by atoms with van der Waals surface area (Å²) in [6.07, 6.45) is 2.58. The maximum atomic E-state index is 10.7. The third-order valence-corrected chi connectivity index (χ3v) is 4.66. The van der Waals surface area contributed by atoms with Crippen molar-refractivity contribution in [3.8, 4) is 11.1 Å². The number of aromatic amines is 1. The zero-order valence-electron chi connectivity index (χ0n) is 11.7. The second-order valence-corrected chi connectivity index (χ2v) is 6.70. The minimum Gasteiger partial charge on any atom is -0.384 e. The van der Waals surface area contributed by atoms with E-state index in [1.165, 1.54) is 0 Å². The molecule has 118 valence electrons. The van der Waals surface area contributed by atoms with Gasteiger partial charge in [-0.15, -0.1) is 0 Å². The molecule has 0 amide bonds. The minimum atomic E-state index is -0.909. The molecule has 6 heteroatoms. The smallest absolute Gasteiger partial charge is 0.108 e. The number of H-pyrrole nitrogens is 1. The molecule has 0 aliphatic rings. The zero-order valence-corrected chi connectivity index (χ0v) is 14.7. The van der Waals surface area contributed by atoms with Crippen LogP contribution in [0.2, 0.25) is 20.1 Å². The van der Waals surface area contributed by atoms with E-state index in [0.717, 1.165) is 11.1 Å². The lowest BCUT2D eigenvalue weighted by Gasteiger charge is -2.15. The third-order valence-electron chi connectivity index (χ3n) is 3.55. The lowest BCUT2D eigenvalue weighted by atomic mass is 9.96. The Balaban J connectivity index is 2.06. The molecule has 0 fully saturated rings. The van der Waals surface area contributed by atoms with Gasteiger partial charge in [0, 0.05) is 54.7 Å². The van der Waals surface area contributed by atoms with Gasteiger partial charge in [-0.05, 0) is 24.3 Å². The van der Waals surface area contributed by atoms with Gasteiger partial charge in [-0.1, -0.05) is 58.5 Å². The maximum absolute atomic E-state index is 10.7. The molecule has 2 aromatic carbocycles. The summed E-state index contributed by atoms with van der Waals surface area (Å²) < 4.78 is 0. The SMILES string of the molecule is O[C@@H](c1ccc(Cl)cc1Cl)c1c[nH]cc1-c1ccc(Cl)cc1Cl. The first-order valence-corrected chi connectivity index (χ1v) is 8.23. The predicted molar refractivity (Wildman–Crippen MR) is 96.8 cm³/mol. The van der Waals surface area contributed by atoms with Crippen molar-refractivity contribution < 1.29 is 5.11 Å². The van der Waals surface area contributed by atoms with Crippen LogP contribution in [0.3, 0.4) is 0 Å². The van der Waals surface area contributed by atoms with E-state index < -0.39 is 6.10 Å². The highest BCUT2D eigenvalue weighted by Gasteiger charge is 2.20. The second-order valence-electron chi connectivity index (χ2n) is 5.02. The van der Waals surface area contributed by atoms with Crippen LogP contribution in [0.1, 0.15) is 17.2 Å². The molecule has 0 spiro atoms. The summed E-state index contributed by atoms with van der Waals surface area (Å²) >= 11 is 24.3. The van der Waals surface area contributed by atoms with Crippen LogP contribution in [0, 0.1) is 0 Å². The van der Waals surface area contributed by atoms with E-state index in [1.54, 1.807) is 42.7 Å². The van der Waals surface area contributed by atoms with Crippen molar-refractivity contribution in [1.29, 1.82) is 0 Å². The normalized spacial score (nSPS) is 12.4. The van der Waals surface area contributed by atoms with Crippen LogP contribution < -0.4 is 0 Å². The Labute approximate surface area is 153 Å². The first-order chi connectivity index (χ1) is 11.0. The molecule has 0 radical (unpaired) electrons. The first-order valence-electron chi connectivity index (χ1n) is 6.72. The highest BCUT2D eigenvalue weighted by molar-refractivity contribution is 6.36. The zero-order chi connectivity index (χ0) is 16.6. The topological polar surface area (TPSA) is 36.0 Å². The first kappa shape index (κ1) is 16.7. The fourth-order valence-corrected chi connectivity index (χ4v) is 3.46. The molecular weight excluding hydrogens is 376 g/mol. The minimum absolute atomic E-state index is 0.402. The second kappa shape index (κ2) is 6.76. The third kappa shape index (κ3) is 3.37. The van der Waals surface area contributed by atoms with Crippen molar-refractivity contribution in [2.45, 2.75) is 6.10 Å². The largest absolute Gasteiger partial charge is 0.384 e. The van der Waals surface area contributed by atoms with Gasteiger partial charge in [0.15, 0.2) is 0 Å². The highest BCUT2D eigenvalue weighted by atomic mass is 35.5. The van der Waals surface area contributed by atoms with E-state index >= 15 is 0 Å². The number of hydrogen-bond donors (Lipinski definition) is 2. The molecule has 0 aliphatic heterocycles. The average molecular weight is 387 g/mol. The van der Waals surface area contributed by atoms with Gasteiger partial charge in [0.25, 0.3) is 0 Å². The van der Waals surface area contributed by atoms with Crippen molar-refractivity contribution in [3.63, 3.8) is 0 Å². The van der Waals surface area contributed by atoms with Gasteiger partial charge in [0.2, 0.25) is 0 Å². The van der Waals surface area contributed by atoms with Crippen LogP contribution in [-0.2, 0) is 0 Å². The van der Waals surface area contributed by atoms with Crippen LogP contribution in [0.5, 0.6) is 0 Å². The van der Waals surface area contributed by atoms with Crippen LogP contribution in [0.15, 0.2) is 48.8 Å². The summed E-state index contributed by atoms with van der Waals surface area (Å²) in [6, 6.07) is 10.2. The number of hydrogen-bond acceptors (Lipinski definition) is 1. The Kier molecular flexibility index (Phi) is 4.90. The Morgan fingerprint density at radius 3 is 2.04 bits per heavy atom. The molecule has 1 aromatic heterocycles. The summed E-state index contributed by atoms with van der Waals surface area (Å²) in [5.41, 5.74) is 2.79. The number of aliphatic hydroxyl groups excluding tert-OH is 1. The molecule has 0 saturated heterocycles. The lowest BCUT2D eigenvalue weighted by Crippen LogP contribution is -2.01. The van der Waals surface area contributed by atoms with E-state index in [0.29, 0.717) is 31.2 Å². The van der Waals surface area contributed by atoms with Crippen LogP contribution in [0.25, 0.3) is 11.1 Å². The molecule has 3 rings (SSSR count). The Morgan fingerprint density at radius 1 is 0.739 bits per heavy atom. The van der Waals surface area contributed by atoms with Crippen molar-refractivity contribution in [2.75, 3.05) is 0 Å². The number of rotatable bonds is 3. The Hall–Kier alpha value is -1.16. The molecule has 0 unspecified atom stereocenters. The Bertz CT molecular complexity index is 860. The number of nitrogens with one attached hydrogen (secondary N) is 1. The van der Waals surface area contributed by atoms with Gasteiger partial charge in [-0.2, -0.15) is 0 Å². The van der Waals surface area contributed by atoms with Gasteiger partial charge >= 0.3 is 0 Å². The average Bonchev–Trinajstić information content (AvgIpc) is 2.95. The fraction of sp³-hybridized carbons (Fsp3) is 0.0588. The summed E-state index contributed by atoms with van der Waals surface area (Å²) in [5.74, 6) is 0. The molecule has 23 heavy (non-hydrogen) atoms. The van der Waals surface area contributed by atoms with Gasteiger partial charge in [-0.25, -0.2) is 0 Å². The van der Waals surface area contributed by atoms with E-state index in [9.17, 15) is 5.11 Å². The molecule has 2 N–H and O–H groups in total. The summed E-state index contributed by atoms with van der Waals surface area (Å²) in [6.45, 7) is 0. The quantitative estimate of drug-likeness (QED) is 0.538. The summed E-state index contributed by atoms with van der Waals surface area (Å²) in [7, 11) is 0. The summed E-state index contributed by atoms with van der Waals surface area (Å²) in [4.78, 5) is 3.00. The van der Waals surface area contributed by atoms with E-state index in [2.05, 4.69) is 4.98 Å². The van der Waals surface area contributed by atoms with Crippen molar-refractivity contribution in [3.05, 3.63) is 80.0 Å². The van der Waals surface area contributed by atoms with Crippen LogP contribution >= 0.6 is 46.4 Å². The molecule has 2 nitrogen and oxygen atoms in total. The van der Waals surface area contributed by atoms with Gasteiger partial charge in [0.1, 0.15) is 6.10 Å². The fourth-order valence-electron chi connectivity index (χ4n) is 2.43. The number of halogens is 4.